The molecular formula is C25H35N5O4. The van der Waals surface area contributed by atoms with Crippen LogP contribution in [-0.4, -0.2) is 58.9 Å². The quantitative estimate of drug-likeness (QED) is 0.544. The summed E-state index contributed by atoms with van der Waals surface area (Å²) in [5.74, 6) is 1.01. The molecule has 3 rings (SSSR count). The summed E-state index contributed by atoms with van der Waals surface area (Å²) in [7, 11) is 0. The zero-order valence-electron chi connectivity index (χ0n) is 20.2. The Kier molecular flexibility index (Phi) is 8.81. The first-order valence-corrected chi connectivity index (χ1v) is 11.7. The Bertz CT molecular complexity index is 951. The van der Waals surface area contributed by atoms with E-state index < -0.39 is 11.7 Å². The highest BCUT2D eigenvalue weighted by atomic mass is 16.6. The number of nitrogens with one attached hydrogen (secondary N) is 2. The maximum absolute atomic E-state index is 12.1. The van der Waals surface area contributed by atoms with Crippen LogP contribution in [0.15, 0.2) is 36.7 Å². The molecule has 0 aliphatic carbocycles. The highest BCUT2D eigenvalue weighted by Gasteiger charge is 2.20. The second-order valence-electron chi connectivity index (χ2n) is 9.55. The number of rotatable bonds is 8. The fourth-order valence-electron chi connectivity index (χ4n) is 3.83. The van der Waals surface area contributed by atoms with Gasteiger partial charge in [0.25, 0.3) is 0 Å². The van der Waals surface area contributed by atoms with E-state index in [2.05, 4.69) is 25.5 Å². The minimum Gasteiger partial charge on any atom is -0.444 e. The van der Waals surface area contributed by atoms with Gasteiger partial charge in [-0.05, 0) is 63.1 Å². The van der Waals surface area contributed by atoms with Gasteiger partial charge in [0, 0.05) is 44.2 Å². The third-order valence-electron chi connectivity index (χ3n) is 5.62. The molecule has 0 atom stereocenters. The standard InChI is InChI=1S/C25H35N5O4/c1-25(2,3)34-24(33)29-17-22(32)26-14-19-5-4-6-20(13-19)21-15-27-23(28-16-21)30-10-7-18(8-11-30)9-12-31/h4-6,13,15-16,18,31H,7-12,14,17H2,1-3H3,(H,26,32)(H,29,33). The smallest absolute Gasteiger partial charge is 0.408 e. The van der Waals surface area contributed by atoms with Gasteiger partial charge >= 0.3 is 6.09 Å². The van der Waals surface area contributed by atoms with Gasteiger partial charge in [-0.15, -0.1) is 0 Å². The van der Waals surface area contributed by atoms with Crippen molar-refractivity contribution in [2.24, 2.45) is 5.92 Å². The van der Waals surface area contributed by atoms with Crippen LogP contribution in [0.4, 0.5) is 10.7 Å². The highest BCUT2D eigenvalue weighted by Crippen LogP contribution is 2.24. The second kappa shape index (κ2) is 11.8. The zero-order chi connectivity index (χ0) is 24.6. The summed E-state index contributed by atoms with van der Waals surface area (Å²) in [6.07, 6.45) is 5.99. The number of piperidine rings is 1. The van der Waals surface area contributed by atoms with E-state index in [0.717, 1.165) is 55.0 Å². The Morgan fingerprint density at radius 3 is 2.47 bits per heavy atom. The summed E-state index contributed by atoms with van der Waals surface area (Å²) >= 11 is 0. The van der Waals surface area contributed by atoms with Gasteiger partial charge in [0.2, 0.25) is 11.9 Å². The molecule has 1 aliphatic rings. The van der Waals surface area contributed by atoms with Crippen molar-refractivity contribution < 1.29 is 19.4 Å². The average molecular weight is 470 g/mol. The molecule has 1 aromatic carbocycles. The molecule has 0 radical (unpaired) electrons. The lowest BCUT2D eigenvalue weighted by molar-refractivity contribution is -0.120. The molecule has 1 aromatic heterocycles. The first kappa shape index (κ1) is 25.4. The van der Waals surface area contributed by atoms with Crippen molar-refractivity contribution in [2.45, 2.75) is 52.2 Å². The number of carbonyl (C=O) groups excluding carboxylic acids is 2. The van der Waals surface area contributed by atoms with Gasteiger partial charge in [-0.1, -0.05) is 18.2 Å². The van der Waals surface area contributed by atoms with Crippen LogP contribution in [0, 0.1) is 5.92 Å². The average Bonchev–Trinajstić information content (AvgIpc) is 2.81. The predicted octanol–water partition coefficient (Wildman–Crippen LogP) is 2.88. The molecule has 3 N–H and O–H groups in total. The molecule has 1 aliphatic heterocycles. The lowest BCUT2D eigenvalue weighted by Crippen LogP contribution is -2.39. The molecule has 1 saturated heterocycles. The van der Waals surface area contributed by atoms with Crippen LogP contribution in [0.3, 0.4) is 0 Å². The van der Waals surface area contributed by atoms with Crippen molar-refractivity contribution in [1.82, 2.24) is 20.6 Å². The van der Waals surface area contributed by atoms with Crippen LogP contribution in [0.2, 0.25) is 0 Å². The molecule has 0 unspecified atom stereocenters. The summed E-state index contributed by atoms with van der Waals surface area (Å²) in [4.78, 5) is 35.1. The number of ether oxygens (including phenoxy) is 1. The van der Waals surface area contributed by atoms with Crippen molar-refractivity contribution in [3.05, 3.63) is 42.2 Å². The number of benzene rings is 1. The second-order valence-corrected chi connectivity index (χ2v) is 9.55. The van der Waals surface area contributed by atoms with Gasteiger partial charge in [-0.3, -0.25) is 4.79 Å². The van der Waals surface area contributed by atoms with Crippen molar-refractivity contribution >= 4 is 17.9 Å². The molecule has 0 spiro atoms. The molecule has 9 nitrogen and oxygen atoms in total. The largest absolute Gasteiger partial charge is 0.444 e. The number of nitrogens with zero attached hydrogens (tertiary/aromatic N) is 3. The number of amides is 2. The lowest BCUT2D eigenvalue weighted by Gasteiger charge is -2.31. The molecule has 1 fully saturated rings. The topological polar surface area (TPSA) is 117 Å². The number of aliphatic hydroxyl groups excluding tert-OH is 1. The van der Waals surface area contributed by atoms with Crippen molar-refractivity contribution in [3.63, 3.8) is 0 Å². The van der Waals surface area contributed by atoms with Gasteiger partial charge < -0.3 is 25.4 Å². The number of hydrogen-bond acceptors (Lipinski definition) is 7. The Hall–Kier alpha value is -3.20. The van der Waals surface area contributed by atoms with E-state index in [1.165, 1.54) is 0 Å². The van der Waals surface area contributed by atoms with Gasteiger partial charge in [-0.2, -0.15) is 0 Å². The van der Waals surface area contributed by atoms with Gasteiger partial charge in [0.05, 0.1) is 0 Å². The maximum Gasteiger partial charge on any atom is 0.408 e. The number of aliphatic hydroxyl groups is 1. The number of carbonyl (C=O) groups is 2. The normalized spacial score (nSPS) is 14.5. The van der Waals surface area contributed by atoms with Crippen LogP contribution in [-0.2, 0) is 16.1 Å². The summed E-state index contributed by atoms with van der Waals surface area (Å²) in [6.45, 7) is 7.54. The summed E-state index contributed by atoms with van der Waals surface area (Å²) in [5.41, 5.74) is 2.18. The Morgan fingerprint density at radius 1 is 1.12 bits per heavy atom. The minimum atomic E-state index is -0.623. The number of hydrogen-bond donors (Lipinski definition) is 3. The van der Waals surface area contributed by atoms with Crippen molar-refractivity contribution in [3.8, 4) is 11.1 Å². The molecule has 0 bridgehead atoms. The summed E-state index contributed by atoms with van der Waals surface area (Å²) in [5, 5.41) is 14.4. The SMILES string of the molecule is CC(C)(C)OC(=O)NCC(=O)NCc1cccc(-c2cnc(N3CCC(CCO)CC3)nc2)c1. The molecule has 2 heterocycles. The monoisotopic (exact) mass is 469 g/mol. The predicted molar refractivity (Wildman–Crippen MR) is 130 cm³/mol. The summed E-state index contributed by atoms with van der Waals surface area (Å²) < 4.78 is 5.12. The van der Waals surface area contributed by atoms with Crippen LogP contribution >= 0.6 is 0 Å². The summed E-state index contributed by atoms with van der Waals surface area (Å²) in [6, 6.07) is 7.82. The van der Waals surface area contributed by atoms with E-state index in [1.807, 2.05) is 36.7 Å². The van der Waals surface area contributed by atoms with Crippen LogP contribution in [0.1, 0.15) is 45.6 Å². The van der Waals surface area contributed by atoms with E-state index in [4.69, 9.17) is 9.84 Å². The van der Waals surface area contributed by atoms with Gasteiger partial charge in [0.1, 0.15) is 12.1 Å². The Balaban J connectivity index is 1.50. The van der Waals surface area contributed by atoms with E-state index in [9.17, 15) is 9.59 Å². The fourth-order valence-corrected chi connectivity index (χ4v) is 3.83. The number of anilines is 1. The molecule has 2 amide bonds. The van der Waals surface area contributed by atoms with E-state index >= 15 is 0 Å². The Morgan fingerprint density at radius 2 is 1.82 bits per heavy atom. The fraction of sp³-hybridized carbons (Fsp3) is 0.520. The molecule has 0 saturated carbocycles. The maximum atomic E-state index is 12.1. The highest BCUT2D eigenvalue weighted by molar-refractivity contribution is 5.82. The van der Waals surface area contributed by atoms with Crippen molar-refractivity contribution in [1.29, 1.82) is 0 Å². The Labute approximate surface area is 200 Å². The number of aromatic nitrogens is 2. The third-order valence-corrected chi connectivity index (χ3v) is 5.62. The van der Waals surface area contributed by atoms with E-state index in [1.54, 1.807) is 20.8 Å². The molecule has 2 aromatic rings. The molecule has 184 valence electrons. The van der Waals surface area contributed by atoms with E-state index in [0.29, 0.717) is 12.5 Å². The third kappa shape index (κ3) is 7.98. The molecule has 34 heavy (non-hydrogen) atoms. The van der Waals surface area contributed by atoms with Crippen molar-refractivity contribution in [2.75, 3.05) is 31.1 Å². The van der Waals surface area contributed by atoms with Crippen LogP contribution in [0.25, 0.3) is 11.1 Å². The van der Waals surface area contributed by atoms with E-state index in [-0.39, 0.29) is 19.1 Å². The molecule has 9 heteroatoms. The first-order chi connectivity index (χ1) is 16.2. The minimum absolute atomic E-state index is 0.152. The molecular weight excluding hydrogens is 434 g/mol. The first-order valence-electron chi connectivity index (χ1n) is 11.7. The van der Waals surface area contributed by atoms with Crippen LogP contribution < -0.4 is 15.5 Å². The zero-order valence-corrected chi connectivity index (χ0v) is 20.2. The van der Waals surface area contributed by atoms with Gasteiger partial charge in [-0.25, -0.2) is 14.8 Å². The number of alkyl carbamates (subject to hydrolysis) is 1. The lowest BCUT2D eigenvalue weighted by atomic mass is 9.94. The van der Waals surface area contributed by atoms with Crippen LogP contribution in [0.5, 0.6) is 0 Å². The van der Waals surface area contributed by atoms with Gasteiger partial charge in [0.15, 0.2) is 0 Å².